The fraction of sp³-hybridized carbons (Fsp3) is 0.381. The Morgan fingerprint density at radius 1 is 1.06 bits per heavy atom. The van der Waals surface area contributed by atoms with Crippen molar-refractivity contribution < 1.29 is 26.7 Å². The number of anilines is 1. The first kappa shape index (κ1) is 21.6. The van der Waals surface area contributed by atoms with Gasteiger partial charge in [0.1, 0.15) is 5.75 Å². The van der Waals surface area contributed by atoms with Crippen LogP contribution < -0.4 is 14.5 Å². The molecule has 0 amide bonds. The fourth-order valence-electron chi connectivity index (χ4n) is 3.87. The molecule has 31 heavy (non-hydrogen) atoms. The van der Waals surface area contributed by atoms with Gasteiger partial charge in [-0.1, -0.05) is 29.5 Å². The van der Waals surface area contributed by atoms with Gasteiger partial charge in [0.2, 0.25) is 0 Å². The van der Waals surface area contributed by atoms with E-state index in [0.29, 0.717) is 12.0 Å². The van der Waals surface area contributed by atoms with Crippen LogP contribution in [0, 0.1) is 5.92 Å². The maximum absolute atomic E-state index is 13.1. The lowest BCUT2D eigenvalue weighted by molar-refractivity contribution is -0.360. The van der Waals surface area contributed by atoms with Crippen LogP contribution in [0.2, 0.25) is 0 Å². The van der Waals surface area contributed by atoms with E-state index in [1.807, 2.05) is 18.2 Å². The highest BCUT2D eigenvalue weighted by Crippen LogP contribution is 2.38. The topological polar surface area (TPSA) is 45.3 Å². The summed E-state index contributed by atoms with van der Waals surface area (Å²) in [5, 5.41) is 0. The second kappa shape index (κ2) is 8.14. The van der Waals surface area contributed by atoms with Gasteiger partial charge in [0.25, 0.3) is 0 Å². The smallest absolute Gasteiger partial charge is 0.426 e. The zero-order valence-electron chi connectivity index (χ0n) is 16.2. The van der Waals surface area contributed by atoms with Crippen LogP contribution in [0.3, 0.4) is 0 Å². The molecule has 0 saturated carbocycles. The highest BCUT2D eigenvalue weighted by Gasteiger charge is 2.61. The molecule has 2 heterocycles. The number of hydrogen-bond donors (Lipinski definition) is 1. The van der Waals surface area contributed by atoms with Crippen molar-refractivity contribution in [3.8, 4) is 5.75 Å². The molecule has 0 unspecified atom stereocenters. The van der Waals surface area contributed by atoms with Gasteiger partial charge in [-0.15, -0.1) is 0 Å². The Labute approximate surface area is 178 Å². The van der Waals surface area contributed by atoms with E-state index in [1.165, 1.54) is 23.5 Å². The predicted octanol–water partition coefficient (Wildman–Crippen LogP) is 5.58. The molecule has 4 rings (SSSR count). The van der Waals surface area contributed by atoms with E-state index >= 15 is 0 Å². The molecule has 0 bridgehead atoms. The van der Waals surface area contributed by atoms with Gasteiger partial charge in [0, 0.05) is 13.1 Å². The second-order valence-corrected chi connectivity index (χ2v) is 8.58. The van der Waals surface area contributed by atoms with Crippen molar-refractivity contribution in [2.75, 3.05) is 18.0 Å². The zero-order valence-corrected chi connectivity index (χ0v) is 17.0. The molecule has 1 saturated heterocycles. The van der Waals surface area contributed by atoms with Crippen LogP contribution in [0.5, 0.6) is 5.75 Å². The highest BCUT2D eigenvalue weighted by molar-refractivity contribution is 7.16. The lowest BCUT2D eigenvalue weighted by atomic mass is 9.90. The SMILES string of the molecule is O=c1[nH]c2c(N3CCC(Cc4cccc(OC(F)(F)C(F)(F)F)c4)CC3)cccc2s1. The average molecular weight is 458 g/mol. The number of halogens is 5. The van der Waals surface area contributed by atoms with Crippen LogP contribution in [0.25, 0.3) is 10.2 Å². The quantitative estimate of drug-likeness (QED) is 0.508. The van der Waals surface area contributed by atoms with E-state index in [9.17, 15) is 26.7 Å². The highest BCUT2D eigenvalue weighted by atomic mass is 32.1. The summed E-state index contributed by atoms with van der Waals surface area (Å²) in [6, 6.07) is 11.2. The predicted molar refractivity (Wildman–Crippen MR) is 109 cm³/mol. The maximum atomic E-state index is 13.1. The Morgan fingerprint density at radius 2 is 1.77 bits per heavy atom. The van der Waals surface area contributed by atoms with Crippen molar-refractivity contribution in [2.45, 2.75) is 31.5 Å². The zero-order chi connectivity index (χ0) is 22.2. The van der Waals surface area contributed by atoms with E-state index in [0.717, 1.165) is 47.9 Å². The Balaban J connectivity index is 1.40. The molecule has 1 N–H and O–H groups in total. The van der Waals surface area contributed by atoms with Crippen molar-refractivity contribution in [3.63, 3.8) is 0 Å². The molecule has 0 atom stereocenters. The molecular formula is C21H19F5N2O2S. The molecule has 1 aliphatic heterocycles. The molecule has 1 aromatic heterocycles. The summed E-state index contributed by atoms with van der Waals surface area (Å²) >= 11 is 1.17. The molecule has 0 aliphatic carbocycles. The minimum atomic E-state index is -5.77. The number of fused-ring (bicyclic) bond motifs is 1. The molecule has 1 fully saturated rings. The number of para-hydroxylation sites is 1. The summed E-state index contributed by atoms with van der Waals surface area (Å²) < 4.78 is 68.2. The minimum Gasteiger partial charge on any atom is -0.426 e. The molecule has 0 spiro atoms. The van der Waals surface area contributed by atoms with Gasteiger partial charge in [-0.25, -0.2) is 0 Å². The molecule has 166 valence electrons. The summed E-state index contributed by atoms with van der Waals surface area (Å²) in [4.78, 5) is 16.6. The standard InChI is InChI=1S/C21H19F5N2O2S/c22-20(23,24)21(25,26)30-15-4-1-3-14(12-15)11-13-7-9-28(10-8-13)16-5-2-6-17-18(16)27-19(29)31-17/h1-6,12-13H,7-11H2,(H,27,29). The normalized spacial score (nSPS) is 16.1. The van der Waals surface area contributed by atoms with Crippen molar-refractivity contribution in [1.82, 2.24) is 4.98 Å². The van der Waals surface area contributed by atoms with Gasteiger partial charge in [0.15, 0.2) is 0 Å². The Morgan fingerprint density at radius 3 is 2.48 bits per heavy atom. The first-order valence-electron chi connectivity index (χ1n) is 9.72. The third kappa shape index (κ3) is 4.68. The first-order chi connectivity index (χ1) is 14.6. The number of hydrogen-bond acceptors (Lipinski definition) is 4. The Hall–Kier alpha value is -2.62. The van der Waals surface area contributed by atoms with Crippen LogP contribution in [0.4, 0.5) is 27.6 Å². The molecule has 4 nitrogen and oxygen atoms in total. The van der Waals surface area contributed by atoms with Gasteiger partial charge in [-0.3, -0.25) is 4.79 Å². The number of benzene rings is 2. The van der Waals surface area contributed by atoms with Crippen molar-refractivity contribution >= 4 is 27.2 Å². The fourth-order valence-corrected chi connectivity index (χ4v) is 4.63. The third-order valence-electron chi connectivity index (χ3n) is 5.39. The van der Waals surface area contributed by atoms with Gasteiger partial charge in [0.05, 0.1) is 15.9 Å². The minimum absolute atomic E-state index is 0.101. The largest absolute Gasteiger partial charge is 0.499 e. The Kier molecular flexibility index (Phi) is 5.67. The van der Waals surface area contributed by atoms with Crippen LogP contribution in [0.15, 0.2) is 47.3 Å². The van der Waals surface area contributed by atoms with Gasteiger partial charge >= 0.3 is 17.2 Å². The number of thiazole rings is 1. The molecule has 3 aromatic rings. The molecule has 2 aromatic carbocycles. The number of alkyl halides is 5. The van der Waals surface area contributed by atoms with Gasteiger partial charge < -0.3 is 14.6 Å². The van der Waals surface area contributed by atoms with Crippen LogP contribution >= 0.6 is 11.3 Å². The van der Waals surface area contributed by atoms with E-state index in [2.05, 4.69) is 14.6 Å². The van der Waals surface area contributed by atoms with E-state index in [-0.39, 0.29) is 10.8 Å². The summed E-state index contributed by atoms with van der Waals surface area (Å²) in [7, 11) is 0. The number of rotatable bonds is 5. The monoisotopic (exact) mass is 458 g/mol. The van der Waals surface area contributed by atoms with Crippen molar-refractivity contribution in [2.24, 2.45) is 5.92 Å². The number of ether oxygens (including phenoxy) is 1. The summed E-state index contributed by atoms with van der Waals surface area (Å²) in [5.41, 5.74) is 2.45. The number of aromatic amines is 1. The number of H-pyrrole nitrogens is 1. The van der Waals surface area contributed by atoms with Crippen LogP contribution in [0.1, 0.15) is 18.4 Å². The van der Waals surface area contributed by atoms with Crippen molar-refractivity contribution in [3.05, 3.63) is 57.7 Å². The van der Waals surface area contributed by atoms with E-state index in [4.69, 9.17) is 0 Å². The van der Waals surface area contributed by atoms with Crippen LogP contribution in [-0.4, -0.2) is 30.4 Å². The molecular weight excluding hydrogens is 439 g/mol. The summed E-state index contributed by atoms with van der Waals surface area (Å²) in [6.07, 6.45) is -8.79. The summed E-state index contributed by atoms with van der Waals surface area (Å²) in [6.45, 7) is 1.51. The van der Waals surface area contributed by atoms with Gasteiger partial charge in [-0.05, 0) is 55.0 Å². The third-order valence-corrected chi connectivity index (χ3v) is 6.24. The molecule has 10 heteroatoms. The lowest BCUT2D eigenvalue weighted by Crippen LogP contribution is -2.41. The summed E-state index contributed by atoms with van der Waals surface area (Å²) in [5.74, 6) is -0.249. The van der Waals surface area contributed by atoms with Crippen LogP contribution in [-0.2, 0) is 6.42 Å². The Bertz CT molecular complexity index is 1120. The van der Waals surface area contributed by atoms with E-state index in [1.54, 1.807) is 6.07 Å². The number of nitrogens with zero attached hydrogens (tertiary/aromatic N) is 1. The number of aromatic nitrogens is 1. The van der Waals surface area contributed by atoms with E-state index < -0.39 is 18.0 Å². The number of nitrogens with one attached hydrogen (secondary N) is 1. The molecule has 1 aliphatic rings. The van der Waals surface area contributed by atoms with Crippen molar-refractivity contribution in [1.29, 1.82) is 0 Å². The number of piperidine rings is 1. The maximum Gasteiger partial charge on any atom is 0.499 e. The first-order valence-corrected chi connectivity index (χ1v) is 10.5. The molecule has 0 radical (unpaired) electrons. The second-order valence-electron chi connectivity index (χ2n) is 7.56. The lowest BCUT2D eigenvalue weighted by Gasteiger charge is -2.34. The average Bonchev–Trinajstić information content (AvgIpc) is 3.08. The van der Waals surface area contributed by atoms with Gasteiger partial charge in [-0.2, -0.15) is 22.0 Å².